The van der Waals surface area contributed by atoms with Crippen molar-refractivity contribution in [3.05, 3.63) is 28.0 Å². The Kier molecular flexibility index (Phi) is 3.29. The highest BCUT2D eigenvalue weighted by Crippen LogP contribution is 2.09. The van der Waals surface area contributed by atoms with Crippen LogP contribution in [0, 0.1) is 13.8 Å². The van der Waals surface area contributed by atoms with E-state index in [2.05, 4.69) is 20.4 Å². The zero-order valence-corrected chi connectivity index (χ0v) is 10.1. The maximum atomic E-state index is 11.5. The van der Waals surface area contributed by atoms with Crippen LogP contribution in [-0.4, -0.2) is 21.0 Å². The second-order valence-corrected chi connectivity index (χ2v) is 4.32. The number of nitrogens with zero attached hydrogens (tertiary/aromatic N) is 3. The van der Waals surface area contributed by atoms with Crippen LogP contribution in [0.4, 0.5) is 6.01 Å². The van der Waals surface area contributed by atoms with Gasteiger partial charge in [0.25, 0.3) is 5.91 Å². The van der Waals surface area contributed by atoms with Gasteiger partial charge < -0.3 is 4.52 Å². The van der Waals surface area contributed by atoms with Crippen LogP contribution >= 0.6 is 11.3 Å². The van der Waals surface area contributed by atoms with Gasteiger partial charge in [0.05, 0.1) is 10.7 Å². The lowest BCUT2D eigenvalue weighted by molar-refractivity contribution is -0.112. The molecule has 2 rings (SSSR count). The number of anilines is 1. The van der Waals surface area contributed by atoms with Gasteiger partial charge >= 0.3 is 6.01 Å². The second-order valence-electron chi connectivity index (χ2n) is 3.26. The summed E-state index contributed by atoms with van der Waals surface area (Å²) in [5, 5.41) is 8.83. The number of hydrogen-bond acceptors (Lipinski definition) is 6. The molecule has 1 N–H and O–H groups in total. The monoisotopic (exact) mass is 250 g/mol. The molecule has 0 atom stereocenters. The predicted octanol–water partition coefficient (Wildman–Crippen LogP) is 1.79. The lowest BCUT2D eigenvalue weighted by Crippen LogP contribution is -2.07. The van der Waals surface area contributed by atoms with Crippen molar-refractivity contribution in [1.29, 1.82) is 0 Å². The van der Waals surface area contributed by atoms with Gasteiger partial charge in [-0.3, -0.25) is 10.1 Å². The molecular weight excluding hydrogens is 240 g/mol. The molecule has 1 amide bonds. The van der Waals surface area contributed by atoms with E-state index in [-0.39, 0.29) is 11.9 Å². The van der Waals surface area contributed by atoms with E-state index in [0.717, 1.165) is 10.7 Å². The average molecular weight is 250 g/mol. The molecule has 2 aromatic rings. The Balaban J connectivity index is 1.95. The molecule has 0 fully saturated rings. The molecule has 2 heterocycles. The lowest BCUT2D eigenvalue weighted by atomic mass is 10.4. The number of carbonyl (C=O) groups excluding carboxylic acids is 1. The fourth-order valence-corrected chi connectivity index (χ4v) is 1.69. The van der Waals surface area contributed by atoms with E-state index in [9.17, 15) is 4.79 Å². The van der Waals surface area contributed by atoms with Gasteiger partial charge in [0.2, 0.25) is 0 Å². The zero-order chi connectivity index (χ0) is 12.3. The Bertz CT molecular complexity index is 558. The molecule has 0 aliphatic carbocycles. The minimum atomic E-state index is -0.334. The van der Waals surface area contributed by atoms with Gasteiger partial charge in [-0.2, -0.15) is 4.98 Å². The molecule has 0 spiro atoms. The summed E-state index contributed by atoms with van der Waals surface area (Å²) in [7, 11) is 0. The standard InChI is InChI=1S/C10H10N4O2S/c1-6-11-10(16-14-6)13-9(15)4-3-8-5-17-7(2)12-8/h3-5H,1-2H3,(H,11,13,14,15)/b4-3-. The molecule has 0 aliphatic heterocycles. The second kappa shape index (κ2) is 4.88. The first-order valence-electron chi connectivity index (χ1n) is 4.85. The topological polar surface area (TPSA) is 80.9 Å². The minimum Gasteiger partial charge on any atom is -0.315 e. The number of nitrogens with one attached hydrogen (secondary N) is 1. The minimum absolute atomic E-state index is 0.0895. The van der Waals surface area contributed by atoms with Gasteiger partial charge in [-0.15, -0.1) is 11.3 Å². The number of aromatic nitrogens is 3. The van der Waals surface area contributed by atoms with E-state index in [0.29, 0.717) is 5.82 Å². The van der Waals surface area contributed by atoms with Gasteiger partial charge in [-0.1, -0.05) is 5.16 Å². The van der Waals surface area contributed by atoms with Crippen molar-refractivity contribution >= 4 is 29.3 Å². The summed E-state index contributed by atoms with van der Waals surface area (Å²) in [6.07, 6.45) is 3.00. The first-order valence-corrected chi connectivity index (χ1v) is 5.73. The Hall–Kier alpha value is -2.02. The van der Waals surface area contributed by atoms with Gasteiger partial charge in [-0.25, -0.2) is 4.98 Å². The van der Waals surface area contributed by atoms with E-state index in [1.54, 1.807) is 13.0 Å². The SMILES string of the molecule is Cc1noc(NC(=O)/C=C\c2csc(C)n2)n1. The molecule has 0 radical (unpaired) electrons. The number of rotatable bonds is 3. The number of carbonyl (C=O) groups is 1. The van der Waals surface area contributed by atoms with E-state index in [1.807, 2.05) is 12.3 Å². The highest BCUT2D eigenvalue weighted by Gasteiger charge is 2.04. The van der Waals surface area contributed by atoms with Gasteiger partial charge in [0.1, 0.15) is 0 Å². The third-order valence-corrected chi connectivity index (χ3v) is 2.59. The molecule has 88 valence electrons. The largest absolute Gasteiger partial charge is 0.328 e. The lowest BCUT2D eigenvalue weighted by Gasteiger charge is -1.91. The van der Waals surface area contributed by atoms with Crippen molar-refractivity contribution in [3.8, 4) is 0 Å². The van der Waals surface area contributed by atoms with Gasteiger partial charge in [0, 0.05) is 11.5 Å². The molecule has 0 aliphatic rings. The van der Waals surface area contributed by atoms with Crippen LogP contribution in [0.25, 0.3) is 6.08 Å². The molecule has 6 nitrogen and oxygen atoms in total. The van der Waals surface area contributed by atoms with Gasteiger partial charge in [-0.05, 0) is 19.9 Å². The normalized spacial score (nSPS) is 10.9. The van der Waals surface area contributed by atoms with Crippen molar-refractivity contribution in [2.75, 3.05) is 5.32 Å². The fourth-order valence-electron chi connectivity index (χ4n) is 1.11. The van der Waals surface area contributed by atoms with Crippen LogP contribution in [0.1, 0.15) is 16.5 Å². The summed E-state index contributed by atoms with van der Waals surface area (Å²) in [5.41, 5.74) is 0.754. The zero-order valence-electron chi connectivity index (χ0n) is 9.30. The molecule has 0 saturated carbocycles. The summed E-state index contributed by atoms with van der Waals surface area (Å²) in [6.45, 7) is 3.58. The predicted molar refractivity (Wildman–Crippen MR) is 63.5 cm³/mol. The van der Waals surface area contributed by atoms with Crippen LogP contribution < -0.4 is 5.32 Å². The summed E-state index contributed by atoms with van der Waals surface area (Å²) in [6, 6.07) is 0.0895. The number of amides is 1. The van der Waals surface area contributed by atoms with Gasteiger partial charge in [0.15, 0.2) is 5.82 Å². The average Bonchev–Trinajstić information content (AvgIpc) is 2.85. The fraction of sp³-hybridized carbons (Fsp3) is 0.200. The smallest absolute Gasteiger partial charge is 0.315 e. The molecular formula is C10H10N4O2S. The molecule has 0 unspecified atom stereocenters. The van der Waals surface area contributed by atoms with Crippen LogP contribution in [0.15, 0.2) is 16.0 Å². The first kappa shape index (κ1) is 11.5. The van der Waals surface area contributed by atoms with E-state index < -0.39 is 0 Å². The molecule has 7 heteroatoms. The molecule has 17 heavy (non-hydrogen) atoms. The number of hydrogen-bond donors (Lipinski definition) is 1. The highest BCUT2D eigenvalue weighted by molar-refractivity contribution is 7.09. The van der Waals surface area contributed by atoms with Crippen LogP contribution in [0.2, 0.25) is 0 Å². The van der Waals surface area contributed by atoms with Crippen molar-refractivity contribution in [1.82, 2.24) is 15.1 Å². The first-order chi connectivity index (χ1) is 8.13. The van der Waals surface area contributed by atoms with Crippen molar-refractivity contribution in [3.63, 3.8) is 0 Å². The maximum Gasteiger partial charge on any atom is 0.328 e. The summed E-state index contributed by atoms with van der Waals surface area (Å²) >= 11 is 1.53. The molecule has 0 bridgehead atoms. The summed E-state index contributed by atoms with van der Waals surface area (Å²) < 4.78 is 4.75. The highest BCUT2D eigenvalue weighted by atomic mass is 32.1. The summed E-state index contributed by atoms with van der Waals surface area (Å²) in [4.78, 5) is 19.5. The molecule has 0 aromatic carbocycles. The van der Waals surface area contributed by atoms with Crippen molar-refractivity contribution in [2.45, 2.75) is 13.8 Å². The van der Waals surface area contributed by atoms with Crippen molar-refractivity contribution < 1.29 is 9.32 Å². The Morgan fingerprint density at radius 2 is 2.29 bits per heavy atom. The van der Waals surface area contributed by atoms with E-state index >= 15 is 0 Å². The van der Waals surface area contributed by atoms with Crippen LogP contribution in [0.3, 0.4) is 0 Å². The number of aryl methyl sites for hydroxylation is 2. The van der Waals surface area contributed by atoms with E-state index in [4.69, 9.17) is 4.52 Å². The third-order valence-electron chi connectivity index (χ3n) is 1.80. The Morgan fingerprint density at radius 1 is 1.47 bits per heavy atom. The van der Waals surface area contributed by atoms with Crippen LogP contribution in [-0.2, 0) is 4.79 Å². The quantitative estimate of drug-likeness (QED) is 0.840. The Labute approximate surface area is 101 Å². The summed E-state index contributed by atoms with van der Waals surface area (Å²) in [5.74, 6) is 0.138. The maximum absolute atomic E-state index is 11.5. The van der Waals surface area contributed by atoms with Crippen LogP contribution in [0.5, 0.6) is 0 Å². The molecule has 2 aromatic heterocycles. The molecule has 0 saturated heterocycles. The Morgan fingerprint density at radius 3 is 2.88 bits per heavy atom. The van der Waals surface area contributed by atoms with E-state index in [1.165, 1.54) is 17.4 Å². The number of thiazole rings is 1. The third kappa shape index (κ3) is 3.22. The van der Waals surface area contributed by atoms with Crippen molar-refractivity contribution in [2.24, 2.45) is 0 Å².